The molecule has 0 aliphatic carbocycles. The summed E-state index contributed by atoms with van der Waals surface area (Å²) in [6, 6.07) is 17.5. The second-order valence-electron chi connectivity index (χ2n) is 5.82. The van der Waals surface area contributed by atoms with Gasteiger partial charge in [-0.2, -0.15) is 5.10 Å². The summed E-state index contributed by atoms with van der Waals surface area (Å²) in [4.78, 5) is 0. The van der Waals surface area contributed by atoms with Crippen molar-refractivity contribution in [3.8, 4) is 22.5 Å². The fourth-order valence-electron chi connectivity index (χ4n) is 2.68. The number of nitrogens with zero attached hydrogens (tertiary/aromatic N) is 2. The van der Waals surface area contributed by atoms with Crippen LogP contribution in [0.3, 0.4) is 0 Å². The first-order chi connectivity index (χ1) is 11.2. The molecule has 0 unspecified atom stereocenters. The number of rotatable bonds is 5. The highest BCUT2D eigenvalue weighted by Crippen LogP contribution is 2.27. The van der Waals surface area contributed by atoms with E-state index in [2.05, 4.69) is 29.8 Å². The molecule has 1 heterocycles. The monoisotopic (exact) mass is 308 g/mol. The maximum atomic E-state index is 13.5. The minimum Gasteiger partial charge on any atom is -0.264 e. The van der Waals surface area contributed by atoms with Crippen molar-refractivity contribution in [2.45, 2.75) is 33.2 Å². The quantitative estimate of drug-likeness (QED) is 0.611. The second kappa shape index (κ2) is 6.78. The zero-order chi connectivity index (χ0) is 16.2. The van der Waals surface area contributed by atoms with E-state index in [4.69, 9.17) is 5.10 Å². The molecule has 118 valence electrons. The summed E-state index contributed by atoms with van der Waals surface area (Å²) in [5.41, 5.74) is 4.75. The van der Waals surface area contributed by atoms with E-state index in [9.17, 15) is 4.39 Å². The van der Waals surface area contributed by atoms with Crippen molar-refractivity contribution >= 4 is 0 Å². The Hall–Kier alpha value is -2.42. The number of unbranched alkanes of at least 4 members (excludes halogenated alkanes) is 1. The van der Waals surface area contributed by atoms with Crippen molar-refractivity contribution < 1.29 is 4.39 Å². The van der Waals surface area contributed by atoms with Gasteiger partial charge in [0.15, 0.2) is 0 Å². The third kappa shape index (κ3) is 3.34. The lowest BCUT2D eigenvalue weighted by Crippen LogP contribution is -2.02. The molecule has 0 amide bonds. The molecule has 2 aromatic carbocycles. The number of halogens is 1. The molecule has 0 N–H and O–H groups in total. The molecule has 1 aromatic heterocycles. The number of aromatic nitrogens is 2. The summed E-state index contributed by atoms with van der Waals surface area (Å²) in [7, 11) is 0. The molecule has 0 fully saturated rings. The highest BCUT2D eigenvalue weighted by atomic mass is 19.1. The summed E-state index contributed by atoms with van der Waals surface area (Å²) in [5.74, 6) is -0.178. The van der Waals surface area contributed by atoms with Gasteiger partial charge in [-0.3, -0.25) is 4.68 Å². The van der Waals surface area contributed by atoms with Crippen LogP contribution in [0.1, 0.15) is 25.3 Å². The largest absolute Gasteiger partial charge is 0.264 e. The van der Waals surface area contributed by atoms with Gasteiger partial charge in [-0.15, -0.1) is 0 Å². The van der Waals surface area contributed by atoms with Crippen LogP contribution in [0, 0.1) is 12.7 Å². The first kappa shape index (κ1) is 15.5. The van der Waals surface area contributed by atoms with E-state index in [1.807, 2.05) is 24.3 Å². The maximum absolute atomic E-state index is 13.5. The first-order valence-corrected chi connectivity index (χ1v) is 8.09. The lowest BCUT2D eigenvalue weighted by Gasteiger charge is -2.06. The van der Waals surface area contributed by atoms with Crippen molar-refractivity contribution in [3.05, 3.63) is 66.0 Å². The van der Waals surface area contributed by atoms with Gasteiger partial charge in [0.2, 0.25) is 0 Å². The van der Waals surface area contributed by atoms with Gasteiger partial charge >= 0.3 is 0 Å². The molecule has 0 bridgehead atoms. The van der Waals surface area contributed by atoms with Crippen LogP contribution in [0.15, 0.2) is 54.6 Å². The highest BCUT2D eigenvalue weighted by molar-refractivity contribution is 5.69. The Morgan fingerprint density at radius 2 is 1.78 bits per heavy atom. The van der Waals surface area contributed by atoms with E-state index < -0.39 is 0 Å². The number of hydrogen-bond donors (Lipinski definition) is 0. The molecule has 2 nitrogen and oxygen atoms in total. The number of benzene rings is 2. The number of aryl methyl sites for hydroxylation is 2. The van der Waals surface area contributed by atoms with Gasteiger partial charge in [-0.25, -0.2) is 4.39 Å². The predicted molar refractivity (Wildman–Crippen MR) is 92.7 cm³/mol. The van der Waals surface area contributed by atoms with Gasteiger partial charge in [0.05, 0.1) is 11.4 Å². The van der Waals surface area contributed by atoms with E-state index in [1.54, 1.807) is 13.0 Å². The molecule has 0 spiro atoms. The summed E-state index contributed by atoms with van der Waals surface area (Å²) in [6.07, 6.45) is 2.21. The van der Waals surface area contributed by atoms with Crippen LogP contribution in [0.4, 0.5) is 4.39 Å². The van der Waals surface area contributed by atoms with Crippen molar-refractivity contribution in [3.63, 3.8) is 0 Å². The Balaban J connectivity index is 2.05. The molecule has 0 atom stereocenters. The summed E-state index contributed by atoms with van der Waals surface area (Å²) in [6.45, 7) is 4.85. The third-order valence-corrected chi connectivity index (χ3v) is 4.03. The van der Waals surface area contributed by atoms with Gasteiger partial charge < -0.3 is 0 Å². The second-order valence-corrected chi connectivity index (χ2v) is 5.82. The van der Waals surface area contributed by atoms with Gasteiger partial charge in [0.1, 0.15) is 5.82 Å². The normalized spacial score (nSPS) is 10.9. The Morgan fingerprint density at radius 3 is 2.48 bits per heavy atom. The third-order valence-electron chi connectivity index (χ3n) is 4.03. The topological polar surface area (TPSA) is 17.8 Å². The van der Waals surface area contributed by atoms with E-state index in [0.717, 1.165) is 41.9 Å². The molecule has 3 rings (SSSR count). The van der Waals surface area contributed by atoms with Gasteiger partial charge in [-0.1, -0.05) is 43.7 Å². The fourth-order valence-corrected chi connectivity index (χ4v) is 2.68. The average molecular weight is 308 g/mol. The van der Waals surface area contributed by atoms with E-state index in [1.165, 1.54) is 6.07 Å². The van der Waals surface area contributed by atoms with Crippen molar-refractivity contribution in [1.82, 2.24) is 9.78 Å². The van der Waals surface area contributed by atoms with Crippen LogP contribution in [0.25, 0.3) is 22.5 Å². The molecule has 3 aromatic rings. The van der Waals surface area contributed by atoms with Crippen LogP contribution >= 0.6 is 0 Å². The minimum absolute atomic E-state index is 0.178. The summed E-state index contributed by atoms with van der Waals surface area (Å²) in [5, 5.41) is 4.76. The van der Waals surface area contributed by atoms with Crippen LogP contribution in [-0.4, -0.2) is 9.78 Å². The predicted octanol–water partition coefficient (Wildman–Crippen LogP) is 5.46. The van der Waals surface area contributed by atoms with Crippen LogP contribution < -0.4 is 0 Å². The first-order valence-electron chi connectivity index (χ1n) is 8.09. The maximum Gasteiger partial charge on any atom is 0.126 e. The fraction of sp³-hybridized carbons (Fsp3) is 0.250. The van der Waals surface area contributed by atoms with Crippen LogP contribution in [0.2, 0.25) is 0 Å². The zero-order valence-electron chi connectivity index (χ0n) is 13.6. The molecule has 0 aliphatic rings. The van der Waals surface area contributed by atoms with Crippen molar-refractivity contribution in [2.75, 3.05) is 0 Å². The Labute approximate surface area is 136 Å². The Kier molecular flexibility index (Phi) is 4.56. The SMILES string of the molecule is CCCCn1nc(-c2ccc(F)c(C)c2)cc1-c1ccccc1. The lowest BCUT2D eigenvalue weighted by atomic mass is 10.1. The van der Waals surface area contributed by atoms with Gasteiger partial charge in [0.25, 0.3) is 0 Å². The lowest BCUT2D eigenvalue weighted by molar-refractivity contribution is 0.578. The molecule has 0 saturated carbocycles. The molecule has 0 aliphatic heterocycles. The van der Waals surface area contributed by atoms with E-state index in [0.29, 0.717) is 5.56 Å². The van der Waals surface area contributed by atoms with Crippen LogP contribution in [-0.2, 0) is 6.54 Å². The molecular formula is C20H21FN2. The minimum atomic E-state index is -0.178. The summed E-state index contributed by atoms with van der Waals surface area (Å²) < 4.78 is 15.6. The molecule has 0 radical (unpaired) electrons. The molecular weight excluding hydrogens is 287 g/mol. The highest BCUT2D eigenvalue weighted by Gasteiger charge is 2.12. The standard InChI is InChI=1S/C20H21FN2/c1-3-4-12-23-20(16-8-6-5-7-9-16)14-19(22-23)17-10-11-18(21)15(2)13-17/h5-11,13-14H,3-4,12H2,1-2H3. The van der Waals surface area contributed by atoms with Gasteiger partial charge in [0, 0.05) is 12.1 Å². The smallest absolute Gasteiger partial charge is 0.126 e. The van der Waals surface area contributed by atoms with E-state index in [-0.39, 0.29) is 5.82 Å². The van der Waals surface area contributed by atoms with Crippen molar-refractivity contribution in [1.29, 1.82) is 0 Å². The average Bonchev–Trinajstić information content (AvgIpc) is 3.00. The number of hydrogen-bond acceptors (Lipinski definition) is 1. The van der Waals surface area contributed by atoms with E-state index >= 15 is 0 Å². The Bertz CT molecular complexity index is 791. The molecule has 23 heavy (non-hydrogen) atoms. The summed E-state index contributed by atoms with van der Waals surface area (Å²) >= 11 is 0. The molecule has 3 heteroatoms. The molecule has 0 saturated heterocycles. The van der Waals surface area contributed by atoms with Crippen LogP contribution in [0.5, 0.6) is 0 Å². The Morgan fingerprint density at radius 1 is 1.00 bits per heavy atom. The zero-order valence-corrected chi connectivity index (χ0v) is 13.6. The van der Waals surface area contributed by atoms with Crippen molar-refractivity contribution in [2.24, 2.45) is 0 Å². The van der Waals surface area contributed by atoms with Gasteiger partial charge in [-0.05, 0) is 48.7 Å².